The second-order valence-corrected chi connectivity index (χ2v) is 9.62. The van der Waals surface area contributed by atoms with Crippen molar-refractivity contribution >= 4 is 40.7 Å². The number of anilines is 2. The van der Waals surface area contributed by atoms with Gasteiger partial charge in [-0.2, -0.15) is 0 Å². The van der Waals surface area contributed by atoms with Gasteiger partial charge in [0.25, 0.3) is 5.91 Å². The summed E-state index contributed by atoms with van der Waals surface area (Å²) >= 11 is 6.23. The third-order valence-corrected chi connectivity index (χ3v) is 8.11. The average molecular weight is 450 g/mol. The average Bonchev–Trinajstić information content (AvgIpc) is 3.48. The first-order chi connectivity index (χ1) is 15.4. The van der Waals surface area contributed by atoms with Crippen molar-refractivity contribution in [3.63, 3.8) is 0 Å². The number of halogens is 1. The Morgan fingerprint density at radius 1 is 1.06 bits per heavy atom. The highest BCUT2D eigenvalue weighted by molar-refractivity contribution is 6.32. The fraction of sp³-hybridized carbons (Fsp3) is 0.400. The molecule has 32 heavy (non-hydrogen) atoms. The molecular formula is C25H24ClN3O3. The highest BCUT2D eigenvalue weighted by atomic mass is 35.5. The van der Waals surface area contributed by atoms with Gasteiger partial charge in [0.2, 0.25) is 11.8 Å². The van der Waals surface area contributed by atoms with E-state index in [-0.39, 0.29) is 23.8 Å². The van der Waals surface area contributed by atoms with Gasteiger partial charge in [-0.25, -0.2) is 4.90 Å². The summed E-state index contributed by atoms with van der Waals surface area (Å²) in [5.41, 5.74) is 1.92. The van der Waals surface area contributed by atoms with E-state index < -0.39 is 17.4 Å². The van der Waals surface area contributed by atoms with Crippen LogP contribution in [0, 0.1) is 18.8 Å². The molecule has 4 aliphatic heterocycles. The minimum absolute atomic E-state index is 0.0774. The van der Waals surface area contributed by atoms with E-state index in [1.54, 1.807) is 17.0 Å². The molecule has 4 heterocycles. The molecule has 3 saturated heterocycles. The van der Waals surface area contributed by atoms with Gasteiger partial charge in [-0.1, -0.05) is 35.9 Å². The second kappa shape index (κ2) is 6.65. The third-order valence-electron chi connectivity index (χ3n) is 7.87. The minimum atomic E-state index is -1.12. The zero-order valence-corrected chi connectivity index (χ0v) is 18.8. The molecule has 4 aliphatic rings. The van der Waals surface area contributed by atoms with Crippen LogP contribution in [0.5, 0.6) is 0 Å². The molecule has 0 aliphatic carbocycles. The van der Waals surface area contributed by atoms with E-state index in [2.05, 4.69) is 4.90 Å². The molecule has 0 saturated carbocycles. The van der Waals surface area contributed by atoms with Crippen molar-refractivity contribution < 1.29 is 14.4 Å². The van der Waals surface area contributed by atoms with Gasteiger partial charge in [-0.15, -0.1) is 0 Å². The van der Waals surface area contributed by atoms with E-state index in [1.165, 1.54) is 4.90 Å². The Kier molecular flexibility index (Phi) is 4.15. The maximum Gasteiger partial charge on any atom is 0.253 e. The maximum absolute atomic E-state index is 14.1. The van der Waals surface area contributed by atoms with Crippen LogP contribution in [0.15, 0.2) is 42.5 Å². The number of fused-ring (bicyclic) bond motifs is 7. The number of hydrogen-bond acceptors (Lipinski definition) is 4. The highest BCUT2D eigenvalue weighted by Crippen LogP contribution is 2.61. The van der Waals surface area contributed by atoms with E-state index in [1.807, 2.05) is 44.2 Å². The van der Waals surface area contributed by atoms with Crippen molar-refractivity contribution in [1.82, 2.24) is 4.90 Å². The number of amides is 3. The first kappa shape index (κ1) is 19.9. The number of carbonyl (C=O) groups is 3. The predicted octanol–water partition coefficient (Wildman–Crippen LogP) is 3.49. The molecule has 6 nitrogen and oxygen atoms in total. The van der Waals surface area contributed by atoms with Crippen molar-refractivity contribution in [1.29, 1.82) is 0 Å². The summed E-state index contributed by atoms with van der Waals surface area (Å²) in [5, 5.41) is 0.472. The van der Waals surface area contributed by atoms with Crippen LogP contribution in [-0.2, 0) is 19.9 Å². The van der Waals surface area contributed by atoms with E-state index in [9.17, 15) is 14.4 Å². The molecule has 7 heteroatoms. The molecule has 0 bridgehead atoms. The minimum Gasteiger partial charge on any atom is -0.310 e. The fourth-order valence-corrected chi connectivity index (χ4v) is 6.88. The first-order valence-electron chi connectivity index (χ1n) is 11.2. The van der Waals surface area contributed by atoms with E-state index >= 15 is 0 Å². The van der Waals surface area contributed by atoms with E-state index in [4.69, 9.17) is 11.6 Å². The van der Waals surface area contributed by atoms with Crippen molar-refractivity contribution in [3.8, 4) is 0 Å². The standard InChI is InChI=1S/C25H24ClN3O3/c1-3-27-17-8-5-4-7-16(17)25(24(27)32)21-20(18-9-6-12-28(18)25)22(30)29(23(21)31)19-13-15(26)11-10-14(19)2/h4-5,7-8,10-11,13,18,20-21H,3,6,9,12H2,1-2H3/t18-,20+,21-,25-/m0/s1. The van der Waals surface area contributed by atoms with Gasteiger partial charge in [0.05, 0.1) is 17.5 Å². The molecule has 2 aromatic carbocycles. The smallest absolute Gasteiger partial charge is 0.253 e. The summed E-state index contributed by atoms with van der Waals surface area (Å²) in [6.45, 7) is 5.05. The normalized spacial score (nSPS) is 31.1. The van der Waals surface area contributed by atoms with Crippen LogP contribution in [0.25, 0.3) is 0 Å². The topological polar surface area (TPSA) is 60.9 Å². The Labute approximate surface area is 191 Å². The molecule has 164 valence electrons. The lowest BCUT2D eigenvalue weighted by Crippen LogP contribution is -2.56. The molecule has 0 N–H and O–H groups in total. The fourth-order valence-electron chi connectivity index (χ4n) is 6.72. The van der Waals surface area contributed by atoms with Crippen LogP contribution in [0.3, 0.4) is 0 Å². The van der Waals surface area contributed by atoms with Crippen molar-refractivity contribution in [2.45, 2.75) is 38.3 Å². The number of aryl methyl sites for hydroxylation is 1. The third kappa shape index (κ3) is 2.17. The van der Waals surface area contributed by atoms with Crippen LogP contribution in [0.2, 0.25) is 5.02 Å². The van der Waals surface area contributed by atoms with Crippen LogP contribution in [0.1, 0.15) is 30.9 Å². The summed E-state index contributed by atoms with van der Waals surface area (Å²) in [4.78, 5) is 47.3. The summed E-state index contributed by atoms with van der Waals surface area (Å²) in [6.07, 6.45) is 1.72. The molecule has 6 rings (SSSR count). The number of imide groups is 1. The van der Waals surface area contributed by atoms with Gasteiger partial charge >= 0.3 is 0 Å². The van der Waals surface area contributed by atoms with Crippen molar-refractivity contribution in [2.75, 3.05) is 22.9 Å². The lowest BCUT2D eigenvalue weighted by molar-refractivity contribution is -0.137. The lowest BCUT2D eigenvalue weighted by atomic mass is 9.75. The molecule has 1 spiro atoms. The second-order valence-electron chi connectivity index (χ2n) is 9.18. The van der Waals surface area contributed by atoms with Gasteiger partial charge in [0, 0.05) is 28.9 Å². The first-order valence-corrected chi connectivity index (χ1v) is 11.6. The number of para-hydroxylation sites is 1. The van der Waals surface area contributed by atoms with Crippen molar-refractivity contribution in [3.05, 3.63) is 58.6 Å². The predicted molar refractivity (Wildman–Crippen MR) is 122 cm³/mol. The molecule has 2 aromatic rings. The number of rotatable bonds is 2. The zero-order chi connectivity index (χ0) is 22.4. The highest BCUT2D eigenvalue weighted by Gasteiger charge is 2.75. The SMILES string of the molecule is CCN1C(=O)[C@]2(c3ccccc31)[C@@H]1C(=O)N(c3cc(Cl)ccc3C)C(=O)[C@@H]1[C@@H]1CCCN12. The van der Waals surface area contributed by atoms with Crippen LogP contribution in [0.4, 0.5) is 11.4 Å². The molecular weight excluding hydrogens is 426 g/mol. The van der Waals surface area contributed by atoms with E-state index in [0.717, 1.165) is 29.7 Å². The molecule has 4 atom stereocenters. The monoisotopic (exact) mass is 449 g/mol. The number of likely N-dealkylation sites (N-methyl/N-ethyl adjacent to an activating group) is 1. The summed E-state index contributed by atoms with van der Waals surface area (Å²) < 4.78 is 0. The number of benzene rings is 2. The van der Waals surface area contributed by atoms with Crippen LogP contribution < -0.4 is 9.80 Å². The van der Waals surface area contributed by atoms with E-state index in [0.29, 0.717) is 23.8 Å². The molecule has 0 radical (unpaired) electrons. The summed E-state index contributed by atoms with van der Waals surface area (Å²) in [5.74, 6) is -1.84. The van der Waals surface area contributed by atoms with Gasteiger partial charge in [-0.05, 0) is 57.0 Å². The van der Waals surface area contributed by atoms with Crippen LogP contribution in [-0.4, -0.2) is 41.8 Å². The van der Waals surface area contributed by atoms with Gasteiger partial charge in [0.15, 0.2) is 0 Å². The maximum atomic E-state index is 14.1. The lowest BCUT2D eigenvalue weighted by Gasteiger charge is -2.37. The molecule has 3 fully saturated rings. The largest absolute Gasteiger partial charge is 0.310 e. The van der Waals surface area contributed by atoms with Crippen molar-refractivity contribution in [2.24, 2.45) is 11.8 Å². The molecule has 0 aromatic heterocycles. The van der Waals surface area contributed by atoms with Crippen LogP contribution >= 0.6 is 11.6 Å². The number of carbonyl (C=O) groups excluding carboxylic acids is 3. The number of nitrogens with zero attached hydrogens (tertiary/aromatic N) is 3. The Balaban J connectivity index is 1.58. The quantitative estimate of drug-likeness (QED) is 0.658. The van der Waals surface area contributed by atoms with Gasteiger partial charge in [0.1, 0.15) is 5.54 Å². The number of hydrogen-bond donors (Lipinski definition) is 0. The Bertz CT molecular complexity index is 1200. The Morgan fingerprint density at radius 3 is 2.62 bits per heavy atom. The zero-order valence-electron chi connectivity index (χ0n) is 18.0. The Hall–Kier alpha value is -2.70. The summed E-state index contributed by atoms with van der Waals surface area (Å²) in [7, 11) is 0. The summed E-state index contributed by atoms with van der Waals surface area (Å²) in [6, 6.07) is 12.9. The van der Waals surface area contributed by atoms with Gasteiger partial charge < -0.3 is 4.90 Å². The molecule has 0 unspecified atom stereocenters. The van der Waals surface area contributed by atoms with Gasteiger partial charge in [-0.3, -0.25) is 19.3 Å². The molecule has 3 amide bonds. The Morgan fingerprint density at radius 2 is 1.84 bits per heavy atom.